The minimum Gasteiger partial charge on any atom is -0.493 e. The summed E-state index contributed by atoms with van der Waals surface area (Å²) >= 11 is 0. The van der Waals surface area contributed by atoms with E-state index in [0.29, 0.717) is 5.56 Å². The molecule has 0 unspecified atom stereocenters. The summed E-state index contributed by atoms with van der Waals surface area (Å²) in [6.45, 7) is 0.164. The molecule has 12 nitrogen and oxygen atoms in total. The van der Waals surface area contributed by atoms with Crippen LogP contribution in [0.5, 0.6) is 11.5 Å². The maximum Gasteiger partial charge on any atom is 0.229 e. The monoisotopic (exact) mass is 474 g/mol. The fourth-order valence-corrected chi connectivity index (χ4v) is 3.55. The fraction of sp³-hybridized carbons (Fsp3) is 0.667. The van der Waals surface area contributed by atoms with Gasteiger partial charge in [-0.1, -0.05) is 6.92 Å². The van der Waals surface area contributed by atoms with Crippen molar-refractivity contribution in [3.63, 3.8) is 0 Å². The van der Waals surface area contributed by atoms with Crippen molar-refractivity contribution in [2.45, 2.75) is 62.0 Å². The lowest BCUT2D eigenvalue weighted by Crippen LogP contribution is -2.60. The lowest BCUT2D eigenvalue weighted by molar-refractivity contribution is -0.289. The van der Waals surface area contributed by atoms with Crippen LogP contribution in [-0.2, 0) is 14.2 Å². The van der Waals surface area contributed by atoms with Gasteiger partial charge in [-0.15, -0.1) is 0 Å². The average Bonchev–Trinajstić information content (AvgIpc) is 3.12. The molecule has 1 aromatic rings. The molecule has 2 aliphatic rings. The molecule has 2 saturated heterocycles. The minimum absolute atomic E-state index is 0.0756. The van der Waals surface area contributed by atoms with Crippen molar-refractivity contribution in [3.05, 3.63) is 23.8 Å². The zero-order valence-corrected chi connectivity index (χ0v) is 18.2. The Kier molecular flexibility index (Phi) is 8.26. The lowest BCUT2D eigenvalue weighted by Gasteiger charge is -2.40. The van der Waals surface area contributed by atoms with Crippen LogP contribution in [-0.4, -0.2) is 112 Å². The molecule has 0 radical (unpaired) electrons. The molecule has 0 bridgehead atoms. The Balaban J connectivity index is 1.72. The summed E-state index contributed by atoms with van der Waals surface area (Å²) in [5.41, 5.74) is -1.54. The van der Waals surface area contributed by atoms with Crippen molar-refractivity contribution in [3.8, 4) is 11.5 Å². The summed E-state index contributed by atoms with van der Waals surface area (Å²) in [7, 11) is 1.39. The van der Waals surface area contributed by atoms with E-state index in [2.05, 4.69) is 0 Å². The van der Waals surface area contributed by atoms with Crippen LogP contribution in [0.1, 0.15) is 23.7 Å². The number of carbonyl (C=O) groups excluding carboxylic acids is 1. The molecular formula is C21H30O12. The van der Waals surface area contributed by atoms with Gasteiger partial charge in [-0.2, -0.15) is 0 Å². The van der Waals surface area contributed by atoms with Gasteiger partial charge < -0.3 is 54.3 Å². The Hall–Kier alpha value is -1.87. The Bertz CT molecular complexity index is 818. The van der Waals surface area contributed by atoms with Crippen LogP contribution in [0, 0.1) is 0 Å². The van der Waals surface area contributed by atoms with Crippen LogP contribution in [0.3, 0.4) is 0 Å². The number of ether oxygens (including phenoxy) is 5. The molecular weight excluding hydrogens is 444 g/mol. The zero-order chi connectivity index (χ0) is 24.3. The van der Waals surface area contributed by atoms with Gasteiger partial charge in [0, 0.05) is 12.0 Å². The third-order valence-corrected chi connectivity index (χ3v) is 5.72. The maximum atomic E-state index is 12.0. The van der Waals surface area contributed by atoms with Gasteiger partial charge in [-0.25, -0.2) is 0 Å². The summed E-state index contributed by atoms with van der Waals surface area (Å²) in [5.74, 6) is 0.177. The van der Waals surface area contributed by atoms with Crippen molar-refractivity contribution < 1.29 is 59.1 Å². The molecule has 2 fully saturated rings. The summed E-state index contributed by atoms with van der Waals surface area (Å²) < 4.78 is 27.0. The van der Waals surface area contributed by atoms with E-state index in [9.17, 15) is 35.4 Å². The van der Waals surface area contributed by atoms with Crippen LogP contribution in [0.2, 0.25) is 0 Å². The van der Waals surface area contributed by atoms with E-state index in [1.807, 2.05) is 0 Å². The Labute approximate surface area is 189 Å². The molecule has 3 rings (SSSR count). The minimum atomic E-state index is -1.89. The van der Waals surface area contributed by atoms with Crippen LogP contribution in [0.15, 0.2) is 18.2 Å². The van der Waals surface area contributed by atoms with Crippen molar-refractivity contribution in [1.82, 2.24) is 0 Å². The number of hydrogen-bond acceptors (Lipinski definition) is 12. The van der Waals surface area contributed by atoms with Gasteiger partial charge in [0.2, 0.25) is 6.29 Å². The van der Waals surface area contributed by atoms with Crippen molar-refractivity contribution in [1.29, 1.82) is 0 Å². The number of ketones is 1. The highest BCUT2D eigenvalue weighted by atomic mass is 16.7. The van der Waals surface area contributed by atoms with Crippen LogP contribution in [0.25, 0.3) is 0 Å². The second kappa shape index (κ2) is 10.6. The van der Waals surface area contributed by atoms with Gasteiger partial charge in [0.05, 0.1) is 26.9 Å². The lowest BCUT2D eigenvalue weighted by atomic mass is 9.99. The second-order valence-electron chi connectivity index (χ2n) is 7.99. The Morgan fingerprint density at radius 2 is 1.85 bits per heavy atom. The summed E-state index contributed by atoms with van der Waals surface area (Å²) in [5, 5.41) is 60.2. The predicted molar refractivity (Wildman–Crippen MR) is 109 cm³/mol. The standard InChI is InChI=1S/C21H30O12/c1-3-11(23)10-4-5-12(29-2)13(6-10)32-19-17(26)16(25)15(24)14(33-19)7-30-20-18(27)21(28,8-22)9-31-20/h4-6,14-20,22,24-28H,3,7-9H2,1-2H3/t14-,15-,16+,17-,18+,19-,20-,21-/m1/s1. The molecule has 0 spiro atoms. The highest BCUT2D eigenvalue weighted by molar-refractivity contribution is 5.96. The summed E-state index contributed by atoms with van der Waals surface area (Å²) in [6, 6.07) is 4.49. The van der Waals surface area contributed by atoms with Crippen molar-refractivity contribution in [2.24, 2.45) is 0 Å². The number of methoxy groups -OCH3 is 1. The molecule has 1 aromatic carbocycles. The first-order valence-electron chi connectivity index (χ1n) is 10.5. The normalized spacial score (nSPS) is 36.5. The van der Waals surface area contributed by atoms with E-state index in [1.54, 1.807) is 13.0 Å². The van der Waals surface area contributed by atoms with Gasteiger partial charge in [0.25, 0.3) is 0 Å². The first-order chi connectivity index (χ1) is 15.6. The zero-order valence-electron chi connectivity index (χ0n) is 18.2. The summed E-state index contributed by atoms with van der Waals surface area (Å²) in [4.78, 5) is 12.0. The third kappa shape index (κ3) is 5.29. The first kappa shape index (κ1) is 25.7. The predicted octanol–water partition coefficient (Wildman–Crippen LogP) is -2.07. The van der Waals surface area contributed by atoms with E-state index in [4.69, 9.17) is 23.7 Å². The van der Waals surface area contributed by atoms with Crippen LogP contribution >= 0.6 is 0 Å². The SMILES string of the molecule is CCC(=O)c1ccc(OC)c(O[C@@H]2O[C@H](CO[C@@H]3OC[C@](O)(CO)[C@H]3O)[C@@H](O)[C@H](O)[C@H]2O)c1. The van der Waals surface area contributed by atoms with Gasteiger partial charge in [-0.05, 0) is 18.2 Å². The van der Waals surface area contributed by atoms with E-state index in [0.717, 1.165) is 0 Å². The molecule has 2 heterocycles. The molecule has 6 N–H and O–H groups in total. The molecule has 186 valence electrons. The molecule has 12 heteroatoms. The molecule has 2 aliphatic heterocycles. The van der Waals surface area contributed by atoms with Gasteiger partial charge in [-0.3, -0.25) is 4.79 Å². The topological polar surface area (TPSA) is 185 Å². The van der Waals surface area contributed by atoms with Crippen molar-refractivity contribution >= 4 is 5.78 Å². The molecule has 33 heavy (non-hydrogen) atoms. The molecule has 0 saturated carbocycles. The van der Waals surface area contributed by atoms with E-state index in [1.165, 1.54) is 19.2 Å². The number of rotatable bonds is 9. The number of Topliss-reactive ketones (excluding diaryl/α,β-unsaturated/α-hetero) is 1. The maximum absolute atomic E-state index is 12.0. The third-order valence-electron chi connectivity index (χ3n) is 5.72. The Morgan fingerprint density at radius 1 is 1.12 bits per heavy atom. The number of carbonyl (C=O) groups is 1. The van der Waals surface area contributed by atoms with Gasteiger partial charge in [0.1, 0.15) is 36.1 Å². The number of aliphatic hydroxyl groups excluding tert-OH is 5. The fourth-order valence-electron chi connectivity index (χ4n) is 3.55. The highest BCUT2D eigenvalue weighted by Gasteiger charge is 2.50. The molecule has 8 atom stereocenters. The van der Waals surface area contributed by atoms with E-state index < -0.39 is 61.9 Å². The van der Waals surface area contributed by atoms with Crippen LogP contribution < -0.4 is 9.47 Å². The van der Waals surface area contributed by atoms with E-state index >= 15 is 0 Å². The smallest absolute Gasteiger partial charge is 0.229 e. The first-order valence-corrected chi connectivity index (χ1v) is 10.5. The van der Waals surface area contributed by atoms with Gasteiger partial charge >= 0.3 is 0 Å². The number of benzene rings is 1. The molecule has 0 amide bonds. The molecule has 0 aromatic heterocycles. The second-order valence-corrected chi connectivity index (χ2v) is 7.99. The number of aliphatic hydroxyl groups is 6. The molecule has 0 aliphatic carbocycles. The van der Waals surface area contributed by atoms with E-state index in [-0.39, 0.29) is 30.3 Å². The quantitative estimate of drug-likeness (QED) is 0.215. The van der Waals surface area contributed by atoms with Gasteiger partial charge in [0.15, 0.2) is 23.6 Å². The average molecular weight is 474 g/mol. The summed E-state index contributed by atoms with van der Waals surface area (Å²) in [6.07, 6.45) is -10.2. The van der Waals surface area contributed by atoms with Crippen molar-refractivity contribution in [2.75, 3.05) is 26.9 Å². The highest BCUT2D eigenvalue weighted by Crippen LogP contribution is 2.33. The number of hydrogen-bond donors (Lipinski definition) is 6. The Morgan fingerprint density at radius 3 is 2.45 bits per heavy atom. The largest absolute Gasteiger partial charge is 0.493 e. The van der Waals surface area contributed by atoms with Crippen LogP contribution in [0.4, 0.5) is 0 Å².